The zero-order chi connectivity index (χ0) is 10.1. The molecule has 0 fully saturated rings. The van der Waals surface area contributed by atoms with E-state index < -0.39 is 0 Å². The maximum Gasteiger partial charge on any atom is 0.251 e. The Morgan fingerprint density at radius 2 is 2.14 bits per heavy atom. The number of rotatable bonds is 1. The van der Waals surface area contributed by atoms with Crippen LogP contribution in [0.3, 0.4) is 0 Å². The molecule has 1 amide bonds. The highest BCUT2D eigenvalue weighted by atomic mass is 16.1. The van der Waals surface area contributed by atoms with Crippen molar-refractivity contribution in [3.63, 3.8) is 0 Å². The van der Waals surface area contributed by atoms with Crippen molar-refractivity contribution < 1.29 is 4.79 Å². The number of hydrogen-bond acceptors (Lipinski definition) is 1. The number of fused-ring (bicyclic) bond motifs is 1. The summed E-state index contributed by atoms with van der Waals surface area (Å²) in [6, 6.07) is 6.16. The summed E-state index contributed by atoms with van der Waals surface area (Å²) < 4.78 is 0. The highest BCUT2D eigenvalue weighted by molar-refractivity contribution is 5.96. The van der Waals surface area contributed by atoms with E-state index in [1.807, 2.05) is 6.07 Å². The average Bonchev–Trinajstić information content (AvgIpc) is 2.17. The van der Waals surface area contributed by atoms with E-state index in [0.29, 0.717) is 5.92 Å². The van der Waals surface area contributed by atoms with Gasteiger partial charge in [0, 0.05) is 12.1 Å². The highest BCUT2D eigenvalue weighted by Crippen LogP contribution is 2.20. The van der Waals surface area contributed by atoms with Crippen LogP contribution < -0.4 is 5.32 Å². The van der Waals surface area contributed by atoms with E-state index in [1.54, 1.807) is 0 Å². The van der Waals surface area contributed by atoms with Gasteiger partial charge in [-0.25, -0.2) is 0 Å². The fraction of sp³-hybridized carbons (Fsp3) is 0.417. The van der Waals surface area contributed by atoms with Gasteiger partial charge in [-0.3, -0.25) is 4.79 Å². The lowest BCUT2D eigenvalue weighted by Crippen LogP contribution is -2.31. The number of hydrogen-bond donors (Lipinski definition) is 1. The molecular weight excluding hydrogens is 174 g/mol. The minimum Gasteiger partial charge on any atom is -0.352 e. The van der Waals surface area contributed by atoms with E-state index in [4.69, 9.17) is 0 Å². The van der Waals surface area contributed by atoms with Crippen molar-refractivity contribution >= 4 is 5.91 Å². The topological polar surface area (TPSA) is 29.1 Å². The van der Waals surface area contributed by atoms with Gasteiger partial charge < -0.3 is 5.32 Å². The van der Waals surface area contributed by atoms with Crippen LogP contribution in [0.4, 0.5) is 0 Å². The third-order valence-electron chi connectivity index (χ3n) is 2.72. The second-order valence-electron chi connectivity index (χ2n) is 4.08. The smallest absolute Gasteiger partial charge is 0.251 e. The van der Waals surface area contributed by atoms with Crippen LogP contribution in [0.5, 0.6) is 0 Å². The Kier molecular flexibility index (Phi) is 2.28. The first-order valence-corrected chi connectivity index (χ1v) is 5.09. The lowest BCUT2D eigenvalue weighted by atomic mass is 9.94. The Balaban J connectivity index is 2.44. The summed E-state index contributed by atoms with van der Waals surface area (Å²) in [5.74, 6) is 0.604. The van der Waals surface area contributed by atoms with Crippen molar-refractivity contribution in [1.29, 1.82) is 0 Å². The Bertz CT molecular complexity index is 369. The van der Waals surface area contributed by atoms with Gasteiger partial charge in [-0.2, -0.15) is 0 Å². The molecule has 2 heteroatoms. The molecular formula is C12H15NO. The second kappa shape index (κ2) is 3.45. The predicted octanol–water partition coefficient (Wildman–Crippen LogP) is 2.10. The lowest BCUT2D eigenvalue weighted by Gasteiger charge is -2.18. The number of carbonyl (C=O) groups excluding carboxylic acids is 1. The first-order valence-electron chi connectivity index (χ1n) is 5.09. The molecule has 1 N–H and O–H groups in total. The van der Waals surface area contributed by atoms with E-state index in [2.05, 4.69) is 31.3 Å². The molecule has 1 heterocycles. The van der Waals surface area contributed by atoms with Crippen molar-refractivity contribution in [2.45, 2.75) is 26.2 Å². The van der Waals surface area contributed by atoms with Gasteiger partial charge in [-0.15, -0.1) is 0 Å². The molecule has 74 valence electrons. The summed E-state index contributed by atoms with van der Waals surface area (Å²) >= 11 is 0. The summed E-state index contributed by atoms with van der Waals surface area (Å²) in [5, 5.41) is 2.85. The SMILES string of the molecule is CC(C)c1ccc2c(c1)CCNC2=O. The Labute approximate surface area is 84.3 Å². The van der Waals surface area contributed by atoms with Crippen LogP contribution in [0.2, 0.25) is 0 Å². The third kappa shape index (κ3) is 1.52. The monoisotopic (exact) mass is 189 g/mol. The van der Waals surface area contributed by atoms with Gasteiger partial charge in [0.1, 0.15) is 0 Å². The minimum atomic E-state index is 0.0709. The van der Waals surface area contributed by atoms with E-state index in [1.165, 1.54) is 11.1 Å². The van der Waals surface area contributed by atoms with Crippen LogP contribution in [0.15, 0.2) is 18.2 Å². The maximum atomic E-state index is 11.5. The molecule has 0 aliphatic carbocycles. The van der Waals surface area contributed by atoms with Gasteiger partial charge in [0.2, 0.25) is 0 Å². The van der Waals surface area contributed by atoms with E-state index in [-0.39, 0.29) is 5.91 Å². The van der Waals surface area contributed by atoms with Crippen molar-refractivity contribution in [1.82, 2.24) is 5.32 Å². The normalized spacial score (nSPS) is 15.2. The van der Waals surface area contributed by atoms with Crippen molar-refractivity contribution in [3.05, 3.63) is 34.9 Å². The molecule has 0 saturated heterocycles. The molecule has 14 heavy (non-hydrogen) atoms. The highest BCUT2D eigenvalue weighted by Gasteiger charge is 2.16. The molecule has 0 radical (unpaired) electrons. The quantitative estimate of drug-likeness (QED) is 0.720. The van der Waals surface area contributed by atoms with Crippen LogP contribution in [0, 0.1) is 0 Å². The van der Waals surface area contributed by atoms with E-state index in [9.17, 15) is 4.79 Å². The molecule has 2 nitrogen and oxygen atoms in total. The zero-order valence-corrected chi connectivity index (χ0v) is 8.63. The number of amides is 1. The first kappa shape index (κ1) is 9.25. The van der Waals surface area contributed by atoms with Gasteiger partial charge in [0.05, 0.1) is 0 Å². The van der Waals surface area contributed by atoms with Crippen LogP contribution >= 0.6 is 0 Å². The van der Waals surface area contributed by atoms with Crippen molar-refractivity contribution in [2.24, 2.45) is 0 Å². The summed E-state index contributed by atoms with van der Waals surface area (Å²) in [7, 11) is 0. The average molecular weight is 189 g/mol. The standard InChI is InChI=1S/C12H15NO/c1-8(2)9-3-4-11-10(7-9)5-6-13-12(11)14/h3-4,7-8H,5-6H2,1-2H3,(H,13,14). The third-order valence-corrected chi connectivity index (χ3v) is 2.72. The van der Waals surface area contributed by atoms with Gasteiger partial charge in [0.15, 0.2) is 0 Å². The molecule has 1 aliphatic rings. The van der Waals surface area contributed by atoms with Gasteiger partial charge >= 0.3 is 0 Å². The molecule has 2 rings (SSSR count). The molecule has 0 spiro atoms. The summed E-state index contributed by atoms with van der Waals surface area (Å²) in [5.41, 5.74) is 3.36. The van der Waals surface area contributed by atoms with E-state index in [0.717, 1.165) is 18.5 Å². The lowest BCUT2D eigenvalue weighted by molar-refractivity contribution is 0.0946. The number of carbonyl (C=O) groups is 1. The van der Waals surface area contributed by atoms with Crippen LogP contribution in [-0.2, 0) is 6.42 Å². The minimum absolute atomic E-state index is 0.0709. The summed E-state index contributed by atoms with van der Waals surface area (Å²) in [6.45, 7) is 5.11. The van der Waals surface area contributed by atoms with Crippen molar-refractivity contribution in [2.75, 3.05) is 6.54 Å². The van der Waals surface area contributed by atoms with Crippen molar-refractivity contribution in [3.8, 4) is 0 Å². The molecule has 1 aromatic rings. The number of benzene rings is 1. The number of nitrogens with one attached hydrogen (secondary N) is 1. The molecule has 0 unspecified atom stereocenters. The van der Waals surface area contributed by atoms with Crippen LogP contribution in [0.25, 0.3) is 0 Å². The molecule has 0 bridgehead atoms. The zero-order valence-electron chi connectivity index (χ0n) is 8.63. The van der Waals surface area contributed by atoms with Gasteiger partial charge in [-0.05, 0) is 29.5 Å². The Hall–Kier alpha value is -1.31. The molecule has 0 atom stereocenters. The van der Waals surface area contributed by atoms with Gasteiger partial charge in [0.25, 0.3) is 5.91 Å². The Morgan fingerprint density at radius 3 is 2.86 bits per heavy atom. The summed E-state index contributed by atoms with van der Waals surface area (Å²) in [4.78, 5) is 11.5. The fourth-order valence-electron chi connectivity index (χ4n) is 1.81. The molecule has 0 aromatic heterocycles. The predicted molar refractivity (Wildman–Crippen MR) is 56.6 cm³/mol. The Morgan fingerprint density at radius 1 is 1.36 bits per heavy atom. The van der Waals surface area contributed by atoms with Crippen LogP contribution in [-0.4, -0.2) is 12.5 Å². The molecule has 1 aliphatic heterocycles. The maximum absolute atomic E-state index is 11.5. The van der Waals surface area contributed by atoms with E-state index >= 15 is 0 Å². The molecule has 1 aromatic carbocycles. The molecule has 0 saturated carbocycles. The van der Waals surface area contributed by atoms with Crippen LogP contribution in [0.1, 0.15) is 41.3 Å². The first-order chi connectivity index (χ1) is 6.68. The summed E-state index contributed by atoms with van der Waals surface area (Å²) in [6.07, 6.45) is 0.960. The fourth-order valence-corrected chi connectivity index (χ4v) is 1.81. The largest absolute Gasteiger partial charge is 0.352 e. The van der Waals surface area contributed by atoms with Gasteiger partial charge in [-0.1, -0.05) is 26.0 Å². The second-order valence-corrected chi connectivity index (χ2v) is 4.08.